The number of carbonyl (C=O) groups excluding carboxylic acids is 3. The first-order chi connectivity index (χ1) is 17.0. The van der Waals surface area contributed by atoms with E-state index >= 15 is 0 Å². The molecular formula is C27H30N4O4. The average Bonchev–Trinajstić information content (AvgIpc) is 2.90. The zero-order valence-electron chi connectivity index (χ0n) is 19.7. The van der Waals surface area contributed by atoms with E-state index in [9.17, 15) is 14.4 Å². The number of nitrogens with one attached hydrogen (secondary N) is 3. The highest BCUT2D eigenvalue weighted by Gasteiger charge is 2.19. The SMILES string of the molecule is COC(=O)CC(NC(=O)CNC(=O)CCCNc1ccccn1)c1ccc(-c2ccccc2)cc1. The maximum absolute atomic E-state index is 12.5. The van der Waals surface area contributed by atoms with Crippen molar-refractivity contribution in [3.63, 3.8) is 0 Å². The first-order valence-electron chi connectivity index (χ1n) is 11.5. The number of rotatable bonds is 12. The van der Waals surface area contributed by atoms with Crippen molar-refractivity contribution < 1.29 is 19.1 Å². The largest absolute Gasteiger partial charge is 0.469 e. The number of anilines is 1. The molecule has 0 aliphatic carbocycles. The summed E-state index contributed by atoms with van der Waals surface area (Å²) in [7, 11) is 1.31. The molecule has 3 aromatic rings. The van der Waals surface area contributed by atoms with E-state index in [-0.39, 0.29) is 31.2 Å². The van der Waals surface area contributed by atoms with Crippen LogP contribution < -0.4 is 16.0 Å². The van der Waals surface area contributed by atoms with Crippen molar-refractivity contribution in [1.82, 2.24) is 15.6 Å². The molecule has 0 saturated heterocycles. The van der Waals surface area contributed by atoms with Gasteiger partial charge in [-0.1, -0.05) is 60.7 Å². The highest BCUT2D eigenvalue weighted by molar-refractivity contribution is 5.85. The summed E-state index contributed by atoms with van der Waals surface area (Å²) in [6.45, 7) is 0.420. The van der Waals surface area contributed by atoms with Gasteiger partial charge >= 0.3 is 5.97 Å². The van der Waals surface area contributed by atoms with Gasteiger partial charge in [0.2, 0.25) is 11.8 Å². The van der Waals surface area contributed by atoms with Crippen LogP contribution in [0.5, 0.6) is 0 Å². The molecule has 0 bridgehead atoms. The summed E-state index contributed by atoms with van der Waals surface area (Å²) in [5.74, 6) is -0.293. The minimum absolute atomic E-state index is 0.0138. The van der Waals surface area contributed by atoms with E-state index in [0.717, 1.165) is 22.5 Å². The standard InChI is InChI=1S/C27H30N4O4/c1-35-27(34)18-23(22-14-12-21(13-15-22)20-8-3-2-4-9-20)31-26(33)19-30-25(32)11-7-17-29-24-10-5-6-16-28-24/h2-6,8-10,12-16,23H,7,11,17-19H2,1H3,(H,28,29)(H,30,32)(H,31,33). The van der Waals surface area contributed by atoms with E-state index in [0.29, 0.717) is 13.0 Å². The van der Waals surface area contributed by atoms with Crippen molar-refractivity contribution >= 4 is 23.6 Å². The molecule has 1 unspecified atom stereocenters. The Kier molecular flexibility index (Phi) is 9.80. The molecule has 182 valence electrons. The van der Waals surface area contributed by atoms with Crippen LogP contribution in [-0.4, -0.2) is 43.0 Å². The predicted octanol–water partition coefficient (Wildman–Crippen LogP) is 3.48. The van der Waals surface area contributed by atoms with Gasteiger partial charge < -0.3 is 20.7 Å². The fourth-order valence-electron chi connectivity index (χ4n) is 3.49. The number of benzene rings is 2. The molecule has 1 heterocycles. The first-order valence-corrected chi connectivity index (χ1v) is 11.5. The third-order valence-electron chi connectivity index (χ3n) is 5.35. The molecule has 0 fully saturated rings. The monoisotopic (exact) mass is 474 g/mol. The Morgan fingerprint density at radius 2 is 1.60 bits per heavy atom. The summed E-state index contributed by atoms with van der Waals surface area (Å²) >= 11 is 0. The van der Waals surface area contributed by atoms with E-state index in [1.165, 1.54) is 7.11 Å². The number of ether oxygens (including phenoxy) is 1. The maximum atomic E-state index is 12.5. The number of nitrogens with zero attached hydrogens (tertiary/aromatic N) is 1. The zero-order valence-corrected chi connectivity index (χ0v) is 19.7. The van der Waals surface area contributed by atoms with Gasteiger partial charge in [0.25, 0.3) is 0 Å². The van der Waals surface area contributed by atoms with Crippen LogP contribution in [0.1, 0.15) is 30.9 Å². The second kappa shape index (κ2) is 13.5. The van der Waals surface area contributed by atoms with E-state index in [1.807, 2.05) is 72.8 Å². The molecule has 0 radical (unpaired) electrons. The number of pyridine rings is 1. The number of carbonyl (C=O) groups is 3. The molecule has 0 saturated carbocycles. The van der Waals surface area contributed by atoms with Gasteiger partial charge in [0.1, 0.15) is 5.82 Å². The van der Waals surface area contributed by atoms with Crippen LogP contribution in [-0.2, 0) is 19.1 Å². The van der Waals surface area contributed by atoms with Crippen LogP contribution in [0, 0.1) is 0 Å². The molecule has 8 heteroatoms. The average molecular weight is 475 g/mol. The molecule has 35 heavy (non-hydrogen) atoms. The second-order valence-electron chi connectivity index (χ2n) is 7.91. The summed E-state index contributed by atoms with van der Waals surface area (Å²) in [6, 6.07) is 22.6. The lowest BCUT2D eigenvalue weighted by atomic mass is 9.99. The van der Waals surface area contributed by atoms with Gasteiger partial charge in [-0.2, -0.15) is 0 Å². The Morgan fingerprint density at radius 1 is 0.886 bits per heavy atom. The maximum Gasteiger partial charge on any atom is 0.307 e. The third-order valence-corrected chi connectivity index (χ3v) is 5.35. The van der Waals surface area contributed by atoms with Gasteiger partial charge in [-0.05, 0) is 35.2 Å². The Bertz CT molecular complexity index is 1090. The summed E-state index contributed by atoms with van der Waals surface area (Å²) < 4.78 is 4.79. The molecule has 8 nitrogen and oxygen atoms in total. The van der Waals surface area contributed by atoms with Crippen LogP contribution in [0.3, 0.4) is 0 Å². The van der Waals surface area contributed by atoms with Crippen LogP contribution in [0.15, 0.2) is 79.0 Å². The van der Waals surface area contributed by atoms with Crippen LogP contribution in [0.25, 0.3) is 11.1 Å². The molecular weight excluding hydrogens is 444 g/mol. The van der Waals surface area contributed by atoms with E-state index in [4.69, 9.17) is 4.74 Å². The van der Waals surface area contributed by atoms with Gasteiger partial charge in [-0.15, -0.1) is 0 Å². The van der Waals surface area contributed by atoms with Gasteiger partial charge in [0.15, 0.2) is 0 Å². The van der Waals surface area contributed by atoms with Gasteiger partial charge in [0, 0.05) is 19.2 Å². The lowest BCUT2D eigenvalue weighted by molar-refractivity contribution is -0.141. The van der Waals surface area contributed by atoms with E-state index < -0.39 is 12.0 Å². The number of esters is 1. The fraction of sp³-hybridized carbons (Fsp3) is 0.259. The first kappa shape index (κ1) is 25.4. The Hall–Kier alpha value is -4.20. The minimum Gasteiger partial charge on any atom is -0.469 e. The highest BCUT2D eigenvalue weighted by Crippen LogP contribution is 2.23. The fourth-order valence-corrected chi connectivity index (χ4v) is 3.49. The molecule has 0 aliphatic heterocycles. The highest BCUT2D eigenvalue weighted by atomic mass is 16.5. The lowest BCUT2D eigenvalue weighted by Crippen LogP contribution is -2.39. The molecule has 0 aliphatic rings. The topological polar surface area (TPSA) is 109 Å². The normalized spacial score (nSPS) is 11.2. The summed E-state index contributed by atoms with van der Waals surface area (Å²) in [4.78, 5) is 40.7. The van der Waals surface area contributed by atoms with Crippen molar-refractivity contribution in [2.75, 3.05) is 25.5 Å². The molecule has 1 aromatic heterocycles. The van der Waals surface area contributed by atoms with Crippen molar-refractivity contribution in [3.8, 4) is 11.1 Å². The summed E-state index contributed by atoms with van der Waals surface area (Å²) in [6.07, 6.45) is 2.56. The Labute approximate surface area is 205 Å². The lowest BCUT2D eigenvalue weighted by Gasteiger charge is -2.19. The van der Waals surface area contributed by atoms with Crippen molar-refractivity contribution in [2.45, 2.75) is 25.3 Å². The predicted molar refractivity (Wildman–Crippen MR) is 134 cm³/mol. The van der Waals surface area contributed by atoms with E-state index in [1.54, 1.807) is 6.20 Å². The molecule has 1 atom stereocenters. The Balaban J connectivity index is 1.48. The molecule has 3 N–H and O–H groups in total. The molecule has 0 spiro atoms. The number of hydrogen-bond donors (Lipinski definition) is 3. The van der Waals surface area contributed by atoms with Crippen LogP contribution >= 0.6 is 0 Å². The number of amides is 2. The van der Waals surface area contributed by atoms with Crippen LogP contribution in [0.2, 0.25) is 0 Å². The molecule has 2 aromatic carbocycles. The smallest absolute Gasteiger partial charge is 0.307 e. The summed E-state index contributed by atoms with van der Waals surface area (Å²) in [5, 5.41) is 8.59. The third kappa shape index (κ3) is 8.58. The van der Waals surface area contributed by atoms with Crippen molar-refractivity contribution in [3.05, 3.63) is 84.6 Å². The quantitative estimate of drug-likeness (QED) is 0.274. The molecule has 2 amide bonds. The Morgan fingerprint density at radius 3 is 2.29 bits per heavy atom. The summed E-state index contributed by atoms with van der Waals surface area (Å²) in [5.41, 5.74) is 2.88. The number of aromatic nitrogens is 1. The minimum atomic E-state index is -0.570. The van der Waals surface area contributed by atoms with E-state index in [2.05, 4.69) is 20.9 Å². The van der Waals surface area contributed by atoms with Crippen molar-refractivity contribution in [1.29, 1.82) is 0 Å². The zero-order chi connectivity index (χ0) is 24.9. The van der Waals surface area contributed by atoms with Crippen LogP contribution in [0.4, 0.5) is 5.82 Å². The van der Waals surface area contributed by atoms with Gasteiger partial charge in [0.05, 0.1) is 26.1 Å². The van der Waals surface area contributed by atoms with Gasteiger partial charge in [-0.25, -0.2) is 4.98 Å². The second-order valence-corrected chi connectivity index (χ2v) is 7.91. The number of methoxy groups -OCH3 is 1. The van der Waals surface area contributed by atoms with Gasteiger partial charge in [-0.3, -0.25) is 14.4 Å². The van der Waals surface area contributed by atoms with Crippen molar-refractivity contribution in [2.24, 2.45) is 0 Å². The number of hydrogen-bond acceptors (Lipinski definition) is 6. The molecule has 3 rings (SSSR count).